The molecule has 28 heavy (non-hydrogen) atoms. The fraction of sp³-hybridized carbons (Fsp3) is 0. The van der Waals surface area contributed by atoms with Crippen LogP contribution in [0.25, 0.3) is 44.3 Å². The fourth-order valence-electron chi connectivity index (χ4n) is 3.77. The summed E-state index contributed by atoms with van der Waals surface area (Å²) in [4.78, 5) is 13.0. The number of halogens is 1. The minimum atomic E-state index is -0.419. The SMILES string of the molecule is O=c1oc(-c2ccccc2)c(-c2ccccc2)c2c3cccccc-3c(Cl)c12. The van der Waals surface area contributed by atoms with Crippen molar-refractivity contribution in [1.82, 2.24) is 0 Å². The Kier molecular flexibility index (Phi) is 4.00. The van der Waals surface area contributed by atoms with Crippen molar-refractivity contribution in [2.75, 3.05) is 0 Å². The molecule has 0 saturated carbocycles. The van der Waals surface area contributed by atoms with E-state index in [4.69, 9.17) is 16.0 Å². The molecule has 3 aromatic rings. The molecule has 0 saturated heterocycles. The molecule has 3 heteroatoms. The molecule has 0 bridgehead atoms. The summed E-state index contributed by atoms with van der Waals surface area (Å²) in [6.45, 7) is 0. The van der Waals surface area contributed by atoms with Gasteiger partial charge >= 0.3 is 5.63 Å². The average Bonchev–Trinajstić information content (AvgIpc) is 2.89. The molecular formula is C25H15ClO2. The Balaban J connectivity index is 2.04. The molecule has 0 atom stereocenters. The summed E-state index contributed by atoms with van der Waals surface area (Å²) in [5.74, 6) is 0.555. The minimum absolute atomic E-state index is 0.419. The van der Waals surface area contributed by atoms with E-state index in [9.17, 15) is 4.79 Å². The zero-order valence-electron chi connectivity index (χ0n) is 14.9. The van der Waals surface area contributed by atoms with Crippen molar-refractivity contribution in [3.05, 3.63) is 106 Å². The van der Waals surface area contributed by atoms with Gasteiger partial charge in [-0.2, -0.15) is 0 Å². The average molecular weight is 383 g/mol. The normalized spacial score (nSPS) is 11.2. The van der Waals surface area contributed by atoms with E-state index in [2.05, 4.69) is 0 Å². The Hall–Kier alpha value is -3.36. The summed E-state index contributed by atoms with van der Waals surface area (Å²) >= 11 is 6.65. The molecule has 1 aromatic heterocycles. The quantitative estimate of drug-likeness (QED) is 0.333. The van der Waals surface area contributed by atoms with Gasteiger partial charge in [0.05, 0.1) is 10.4 Å². The molecular weight excluding hydrogens is 368 g/mol. The van der Waals surface area contributed by atoms with Crippen LogP contribution in [-0.4, -0.2) is 0 Å². The van der Waals surface area contributed by atoms with Crippen molar-refractivity contribution in [1.29, 1.82) is 0 Å². The molecule has 2 aromatic carbocycles. The van der Waals surface area contributed by atoms with Gasteiger partial charge in [0.1, 0.15) is 5.76 Å². The van der Waals surface area contributed by atoms with E-state index in [0.29, 0.717) is 16.2 Å². The van der Waals surface area contributed by atoms with Crippen molar-refractivity contribution < 1.29 is 4.42 Å². The van der Waals surface area contributed by atoms with Crippen LogP contribution >= 0.6 is 11.6 Å². The molecule has 2 aliphatic carbocycles. The molecule has 0 aliphatic heterocycles. The first-order chi connectivity index (χ1) is 13.8. The van der Waals surface area contributed by atoms with Crippen LogP contribution in [0.15, 0.2) is 100 Å². The number of benzene rings is 2. The first-order valence-electron chi connectivity index (χ1n) is 9.03. The van der Waals surface area contributed by atoms with E-state index >= 15 is 0 Å². The van der Waals surface area contributed by atoms with Crippen molar-refractivity contribution in [2.45, 2.75) is 0 Å². The van der Waals surface area contributed by atoms with Gasteiger partial charge in [-0.05, 0) is 11.1 Å². The van der Waals surface area contributed by atoms with E-state index in [1.165, 1.54) is 0 Å². The maximum absolute atomic E-state index is 13.0. The summed E-state index contributed by atoms with van der Waals surface area (Å²) < 4.78 is 5.86. The van der Waals surface area contributed by atoms with Crippen LogP contribution in [0.1, 0.15) is 0 Å². The first-order valence-corrected chi connectivity index (χ1v) is 9.41. The second kappa shape index (κ2) is 6.66. The Morgan fingerprint density at radius 3 is 1.79 bits per heavy atom. The Bertz CT molecular complexity index is 1320. The standard InChI is InChI=1S/C25H15ClO2/c26-23-19-15-9-3-8-14-18(19)21-20(16-10-4-1-5-11-16)24(28-25(27)22(21)23)17-12-6-2-7-13-17/h1-15H. The third kappa shape index (κ3) is 2.54. The molecule has 0 amide bonds. The number of rotatable bonds is 2. The lowest BCUT2D eigenvalue weighted by Gasteiger charge is -2.11. The zero-order chi connectivity index (χ0) is 19.1. The van der Waals surface area contributed by atoms with E-state index in [-0.39, 0.29) is 0 Å². The van der Waals surface area contributed by atoms with Gasteiger partial charge in [-0.15, -0.1) is 0 Å². The molecule has 0 spiro atoms. The van der Waals surface area contributed by atoms with Crippen LogP contribution in [0, 0.1) is 0 Å². The molecule has 134 valence electrons. The van der Waals surface area contributed by atoms with Gasteiger partial charge in [-0.1, -0.05) is 103 Å². The largest absolute Gasteiger partial charge is 0.422 e. The zero-order valence-corrected chi connectivity index (χ0v) is 15.6. The second-order valence-electron chi connectivity index (χ2n) is 6.63. The van der Waals surface area contributed by atoms with Crippen LogP contribution in [0.5, 0.6) is 0 Å². The predicted octanol–water partition coefficient (Wildman–Crippen LogP) is 6.89. The highest BCUT2D eigenvalue weighted by atomic mass is 35.5. The van der Waals surface area contributed by atoms with Crippen LogP contribution in [0.4, 0.5) is 0 Å². The Morgan fingerprint density at radius 1 is 0.607 bits per heavy atom. The van der Waals surface area contributed by atoms with Crippen LogP contribution in [0.3, 0.4) is 0 Å². The summed E-state index contributed by atoms with van der Waals surface area (Å²) in [5.41, 5.74) is 4.07. The molecule has 1 heterocycles. The molecule has 2 nitrogen and oxygen atoms in total. The van der Waals surface area contributed by atoms with Crippen molar-refractivity contribution >= 4 is 22.4 Å². The molecule has 0 N–H and O–H groups in total. The summed E-state index contributed by atoms with van der Waals surface area (Å²) in [6.07, 6.45) is 0. The molecule has 2 aliphatic rings. The highest BCUT2D eigenvalue weighted by Gasteiger charge is 2.25. The van der Waals surface area contributed by atoms with Gasteiger partial charge in [0, 0.05) is 22.1 Å². The third-order valence-corrected chi connectivity index (χ3v) is 5.38. The maximum Gasteiger partial charge on any atom is 0.345 e. The highest BCUT2D eigenvalue weighted by molar-refractivity contribution is 6.41. The lowest BCUT2D eigenvalue weighted by atomic mass is 9.95. The van der Waals surface area contributed by atoms with Crippen LogP contribution < -0.4 is 5.63 Å². The lowest BCUT2D eigenvalue weighted by molar-refractivity contribution is 0.536. The maximum atomic E-state index is 13.0. The smallest absolute Gasteiger partial charge is 0.345 e. The monoisotopic (exact) mass is 382 g/mol. The van der Waals surface area contributed by atoms with Gasteiger partial charge in [-0.3, -0.25) is 0 Å². The van der Waals surface area contributed by atoms with Gasteiger partial charge in [0.2, 0.25) is 0 Å². The molecule has 5 rings (SSSR count). The first kappa shape index (κ1) is 16.8. The van der Waals surface area contributed by atoms with E-state index in [1.54, 1.807) is 0 Å². The van der Waals surface area contributed by atoms with Crippen molar-refractivity contribution in [2.24, 2.45) is 0 Å². The summed E-state index contributed by atoms with van der Waals surface area (Å²) in [6, 6.07) is 29.5. The molecule has 0 unspecified atom stereocenters. The van der Waals surface area contributed by atoms with Crippen LogP contribution in [-0.2, 0) is 0 Å². The molecule has 0 fully saturated rings. The second-order valence-corrected chi connectivity index (χ2v) is 7.01. The number of hydrogen-bond acceptors (Lipinski definition) is 2. The minimum Gasteiger partial charge on any atom is -0.422 e. The van der Waals surface area contributed by atoms with Gasteiger partial charge in [0.15, 0.2) is 0 Å². The van der Waals surface area contributed by atoms with E-state index < -0.39 is 5.63 Å². The summed E-state index contributed by atoms with van der Waals surface area (Å²) in [7, 11) is 0. The summed E-state index contributed by atoms with van der Waals surface area (Å²) in [5, 5.41) is 1.70. The Labute approximate surface area is 167 Å². The van der Waals surface area contributed by atoms with Crippen LogP contribution in [0.2, 0.25) is 5.02 Å². The van der Waals surface area contributed by atoms with Gasteiger partial charge < -0.3 is 4.42 Å². The van der Waals surface area contributed by atoms with Crippen molar-refractivity contribution in [3.63, 3.8) is 0 Å². The lowest BCUT2D eigenvalue weighted by Crippen LogP contribution is -2.02. The fourth-order valence-corrected chi connectivity index (χ4v) is 4.10. The topological polar surface area (TPSA) is 30.2 Å². The van der Waals surface area contributed by atoms with E-state index in [1.807, 2.05) is 91.0 Å². The van der Waals surface area contributed by atoms with Gasteiger partial charge in [0.25, 0.3) is 0 Å². The highest BCUT2D eigenvalue weighted by Crippen LogP contribution is 2.47. The predicted molar refractivity (Wildman–Crippen MR) is 115 cm³/mol. The number of hydrogen-bond donors (Lipinski definition) is 0. The van der Waals surface area contributed by atoms with Crippen molar-refractivity contribution in [3.8, 4) is 33.6 Å². The molecule has 0 radical (unpaired) electrons. The third-order valence-electron chi connectivity index (χ3n) is 4.99. The van der Waals surface area contributed by atoms with E-state index in [0.717, 1.165) is 33.2 Å². The van der Waals surface area contributed by atoms with Gasteiger partial charge in [-0.25, -0.2) is 4.79 Å². The number of fused-ring (bicyclic) bond motifs is 3. The Morgan fingerprint density at radius 2 is 1.14 bits per heavy atom.